The van der Waals surface area contributed by atoms with Crippen LogP contribution in [-0.2, 0) is 0 Å². The normalized spacial score (nSPS) is 12.8. The van der Waals surface area contributed by atoms with Crippen molar-refractivity contribution in [1.29, 1.82) is 0 Å². The van der Waals surface area contributed by atoms with Gasteiger partial charge in [0.05, 0.1) is 0 Å². The van der Waals surface area contributed by atoms with Gasteiger partial charge >= 0.3 is 0 Å². The Labute approximate surface area is 108 Å². The summed E-state index contributed by atoms with van der Waals surface area (Å²) in [5, 5.41) is 2.77. The maximum atomic E-state index is 12.3. The third-order valence-corrected chi connectivity index (χ3v) is 3.13. The van der Waals surface area contributed by atoms with Crippen molar-refractivity contribution in [2.45, 2.75) is 0 Å². The topological polar surface area (TPSA) is 89.6 Å². The van der Waals surface area contributed by atoms with Crippen LogP contribution in [0.25, 0.3) is 0 Å². The van der Waals surface area contributed by atoms with E-state index < -0.39 is 0 Å². The Kier molecular flexibility index (Phi) is 2.28. The fraction of sp³-hybridized carbons (Fsp3) is 0. The summed E-state index contributed by atoms with van der Waals surface area (Å²) >= 11 is 0. The Balaban J connectivity index is 2.29. The number of hydrogen-bond donors (Lipinski definition) is 1. The number of carbonyl (C=O) groups is 2. The molecule has 0 aliphatic heterocycles. The van der Waals surface area contributed by atoms with Gasteiger partial charge in [0.1, 0.15) is 5.69 Å². The number of nitrogen functional groups attached to an aromatic ring is 1. The summed E-state index contributed by atoms with van der Waals surface area (Å²) in [6, 6.07) is 8.77. The number of benzene rings is 2. The first kappa shape index (κ1) is 11.3. The second kappa shape index (κ2) is 3.84. The molecule has 0 radical (unpaired) electrons. The highest BCUT2D eigenvalue weighted by molar-refractivity contribution is 6.28. The van der Waals surface area contributed by atoms with Crippen LogP contribution >= 0.6 is 0 Å². The van der Waals surface area contributed by atoms with Crippen LogP contribution < -0.4 is 5.73 Å². The molecule has 2 aromatic carbocycles. The number of hydrogen-bond acceptors (Lipinski definition) is 5. The summed E-state index contributed by atoms with van der Waals surface area (Å²) in [6.45, 7) is 0. The first-order valence-electron chi connectivity index (χ1n) is 5.58. The quantitative estimate of drug-likeness (QED) is 0.532. The second-order valence-electron chi connectivity index (χ2n) is 4.28. The predicted octanol–water partition coefficient (Wildman–Crippen LogP) is 2.44. The molecule has 1 aliphatic carbocycles. The van der Waals surface area contributed by atoms with E-state index in [9.17, 15) is 14.5 Å². The largest absolute Gasteiger partial charge is 0.399 e. The Morgan fingerprint density at radius 1 is 0.789 bits per heavy atom. The molecular formula is C14H8N2O3. The first-order chi connectivity index (χ1) is 9.11. The van der Waals surface area contributed by atoms with E-state index in [-0.39, 0.29) is 28.4 Å². The van der Waals surface area contributed by atoms with E-state index >= 15 is 0 Å². The zero-order chi connectivity index (χ0) is 13.6. The number of rotatable bonds is 1. The van der Waals surface area contributed by atoms with Crippen LogP contribution in [0.4, 0.5) is 11.4 Å². The minimum atomic E-state index is -0.296. The van der Waals surface area contributed by atoms with Gasteiger partial charge in [-0.05, 0) is 41.6 Å². The number of carbonyl (C=O) groups excluding carboxylic acids is 2. The third kappa shape index (κ3) is 1.55. The van der Waals surface area contributed by atoms with Gasteiger partial charge in [0.2, 0.25) is 0 Å². The van der Waals surface area contributed by atoms with Gasteiger partial charge in [0.25, 0.3) is 0 Å². The van der Waals surface area contributed by atoms with Gasteiger partial charge in [-0.2, -0.15) is 0 Å². The van der Waals surface area contributed by atoms with Crippen LogP contribution in [0.15, 0.2) is 41.6 Å². The van der Waals surface area contributed by atoms with E-state index in [1.807, 2.05) is 0 Å². The summed E-state index contributed by atoms with van der Waals surface area (Å²) in [5.74, 6) is -0.565. The van der Waals surface area contributed by atoms with Crippen LogP contribution in [0.1, 0.15) is 31.8 Å². The van der Waals surface area contributed by atoms with Gasteiger partial charge in [-0.3, -0.25) is 9.59 Å². The third-order valence-electron chi connectivity index (χ3n) is 3.13. The second-order valence-corrected chi connectivity index (χ2v) is 4.28. The molecular weight excluding hydrogens is 244 g/mol. The molecule has 0 bridgehead atoms. The highest BCUT2D eigenvalue weighted by Crippen LogP contribution is 2.30. The lowest BCUT2D eigenvalue weighted by Gasteiger charge is -2.17. The Hall–Kier alpha value is -2.82. The molecule has 0 aromatic heterocycles. The summed E-state index contributed by atoms with van der Waals surface area (Å²) in [4.78, 5) is 35.1. The number of nitrogens with two attached hydrogens (primary N) is 1. The molecule has 2 N–H and O–H groups in total. The zero-order valence-electron chi connectivity index (χ0n) is 9.71. The van der Waals surface area contributed by atoms with E-state index in [1.165, 1.54) is 30.3 Å². The summed E-state index contributed by atoms with van der Waals surface area (Å²) < 4.78 is 0. The van der Waals surface area contributed by atoms with E-state index in [1.54, 1.807) is 6.07 Å². The molecule has 5 nitrogen and oxygen atoms in total. The summed E-state index contributed by atoms with van der Waals surface area (Å²) in [7, 11) is 0. The van der Waals surface area contributed by atoms with Crippen molar-refractivity contribution < 1.29 is 9.59 Å². The van der Waals surface area contributed by atoms with Crippen molar-refractivity contribution in [3.8, 4) is 0 Å². The molecule has 0 saturated carbocycles. The van der Waals surface area contributed by atoms with E-state index in [2.05, 4.69) is 5.18 Å². The standard InChI is InChI=1S/C14H8N2O3/c15-7-1-3-9-11(5-7)13(17)10-4-2-8(16-19)6-12(10)14(9)18/h1-6H,15H2. The molecule has 0 unspecified atom stereocenters. The Morgan fingerprint density at radius 2 is 1.37 bits per heavy atom. The number of ketones is 2. The number of nitroso groups, excluding NO2 is 1. The van der Waals surface area contributed by atoms with Gasteiger partial charge in [-0.1, -0.05) is 0 Å². The predicted molar refractivity (Wildman–Crippen MR) is 69.6 cm³/mol. The molecule has 92 valence electrons. The molecule has 1 aliphatic rings. The van der Waals surface area contributed by atoms with Crippen LogP contribution in [0.5, 0.6) is 0 Å². The Bertz CT molecular complexity index is 750. The molecule has 19 heavy (non-hydrogen) atoms. The van der Waals surface area contributed by atoms with Crippen LogP contribution in [0.3, 0.4) is 0 Å². The molecule has 0 spiro atoms. The number of anilines is 1. The van der Waals surface area contributed by atoms with Crippen molar-refractivity contribution in [2.75, 3.05) is 5.73 Å². The minimum absolute atomic E-state index is 0.124. The van der Waals surface area contributed by atoms with Crippen molar-refractivity contribution in [3.05, 3.63) is 63.6 Å². The summed E-state index contributed by atoms with van der Waals surface area (Å²) in [6.07, 6.45) is 0. The van der Waals surface area contributed by atoms with Gasteiger partial charge in [0, 0.05) is 27.9 Å². The number of fused-ring (bicyclic) bond motifs is 2. The molecule has 0 saturated heterocycles. The zero-order valence-corrected chi connectivity index (χ0v) is 9.71. The van der Waals surface area contributed by atoms with Crippen molar-refractivity contribution >= 4 is 22.9 Å². The summed E-state index contributed by atoms with van der Waals surface area (Å²) in [5.41, 5.74) is 7.26. The molecule has 5 heteroatoms. The SMILES string of the molecule is Nc1ccc2c(c1)C(=O)c1ccc(N=O)cc1C2=O. The van der Waals surface area contributed by atoms with Crippen molar-refractivity contribution in [1.82, 2.24) is 0 Å². The lowest BCUT2D eigenvalue weighted by Crippen LogP contribution is -2.20. The minimum Gasteiger partial charge on any atom is -0.399 e. The average Bonchev–Trinajstić information content (AvgIpc) is 2.44. The van der Waals surface area contributed by atoms with Gasteiger partial charge in [-0.25, -0.2) is 0 Å². The van der Waals surface area contributed by atoms with Gasteiger partial charge < -0.3 is 5.73 Å². The fourth-order valence-electron chi connectivity index (χ4n) is 2.21. The number of nitrogens with zero attached hydrogens (tertiary/aromatic N) is 1. The molecule has 0 atom stereocenters. The van der Waals surface area contributed by atoms with E-state index in [0.717, 1.165) is 0 Å². The van der Waals surface area contributed by atoms with Crippen LogP contribution in [0, 0.1) is 4.91 Å². The molecule has 2 aromatic rings. The maximum absolute atomic E-state index is 12.3. The first-order valence-corrected chi connectivity index (χ1v) is 5.58. The maximum Gasteiger partial charge on any atom is 0.194 e. The van der Waals surface area contributed by atoms with Crippen molar-refractivity contribution in [3.63, 3.8) is 0 Å². The monoisotopic (exact) mass is 252 g/mol. The van der Waals surface area contributed by atoms with Crippen molar-refractivity contribution in [2.24, 2.45) is 5.18 Å². The Morgan fingerprint density at radius 3 is 2.00 bits per heavy atom. The average molecular weight is 252 g/mol. The smallest absolute Gasteiger partial charge is 0.194 e. The lowest BCUT2D eigenvalue weighted by molar-refractivity contribution is 0.0979. The fourth-order valence-corrected chi connectivity index (χ4v) is 2.21. The van der Waals surface area contributed by atoms with Crippen LogP contribution in [0.2, 0.25) is 0 Å². The van der Waals surface area contributed by atoms with Gasteiger partial charge in [-0.15, -0.1) is 4.91 Å². The molecule has 3 rings (SSSR count). The lowest BCUT2D eigenvalue weighted by atomic mass is 9.83. The highest BCUT2D eigenvalue weighted by Gasteiger charge is 2.29. The van der Waals surface area contributed by atoms with Crippen LogP contribution in [-0.4, -0.2) is 11.6 Å². The highest BCUT2D eigenvalue weighted by atomic mass is 16.3. The van der Waals surface area contributed by atoms with E-state index in [4.69, 9.17) is 5.73 Å². The molecule has 0 fully saturated rings. The van der Waals surface area contributed by atoms with E-state index in [0.29, 0.717) is 16.8 Å². The van der Waals surface area contributed by atoms with Gasteiger partial charge in [0.15, 0.2) is 11.6 Å². The molecule has 0 amide bonds. The molecule has 0 heterocycles.